The first-order valence-electron chi connectivity index (χ1n) is 9.02. The lowest BCUT2D eigenvalue weighted by atomic mass is 10.0. The second kappa shape index (κ2) is 7.47. The Hall–Kier alpha value is -4.13. The van der Waals surface area contributed by atoms with E-state index in [9.17, 15) is 9.59 Å². The molecule has 0 spiro atoms. The maximum absolute atomic E-state index is 12.3. The molecule has 5 N–H and O–H groups in total. The van der Waals surface area contributed by atoms with Crippen molar-refractivity contribution in [2.45, 2.75) is 6.92 Å². The van der Waals surface area contributed by atoms with E-state index < -0.39 is 5.91 Å². The third-order valence-corrected chi connectivity index (χ3v) is 4.67. The summed E-state index contributed by atoms with van der Waals surface area (Å²) in [7, 11) is 0. The second-order valence-corrected chi connectivity index (χ2v) is 6.63. The number of nitrogens with zero attached hydrogens (tertiary/aromatic N) is 1. The molecule has 0 atom stereocenters. The topological polar surface area (TPSA) is 113 Å². The Kier molecular flexibility index (Phi) is 4.70. The van der Waals surface area contributed by atoms with Crippen LogP contribution in [0.25, 0.3) is 22.0 Å². The highest BCUT2D eigenvalue weighted by molar-refractivity contribution is 6.09. The van der Waals surface area contributed by atoms with Crippen molar-refractivity contribution >= 4 is 34.2 Å². The minimum atomic E-state index is -0.545. The van der Waals surface area contributed by atoms with Crippen LogP contribution in [-0.4, -0.2) is 21.9 Å². The van der Waals surface area contributed by atoms with Gasteiger partial charge in [0.05, 0.1) is 11.7 Å². The summed E-state index contributed by atoms with van der Waals surface area (Å²) in [6.45, 7) is 1.93. The molecule has 0 saturated heterocycles. The monoisotopic (exact) mass is 385 g/mol. The van der Waals surface area contributed by atoms with Crippen LogP contribution in [0.4, 0.5) is 16.2 Å². The molecule has 2 aromatic carbocycles. The number of nitrogens with two attached hydrogens (primary N) is 1. The van der Waals surface area contributed by atoms with Gasteiger partial charge in [-0.1, -0.05) is 30.3 Å². The number of fused-ring (bicyclic) bond motifs is 1. The molecule has 2 heterocycles. The van der Waals surface area contributed by atoms with E-state index >= 15 is 0 Å². The Morgan fingerprint density at radius 2 is 1.76 bits per heavy atom. The number of urea groups is 1. The number of carbonyl (C=O) groups is 2. The quantitative estimate of drug-likeness (QED) is 0.420. The fourth-order valence-corrected chi connectivity index (χ4v) is 3.25. The van der Waals surface area contributed by atoms with Gasteiger partial charge in [-0.25, -0.2) is 4.79 Å². The summed E-state index contributed by atoms with van der Waals surface area (Å²) in [5.41, 5.74) is 10.5. The lowest BCUT2D eigenvalue weighted by Crippen LogP contribution is -2.19. The third kappa shape index (κ3) is 3.66. The molecular weight excluding hydrogens is 366 g/mol. The lowest BCUT2D eigenvalue weighted by Gasteiger charge is -2.10. The van der Waals surface area contributed by atoms with Crippen molar-refractivity contribution < 1.29 is 9.59 Å². The summed E-state index contributed by atoms with van der Waals surface area (Å²) >= 11 is 0. The summed E-state index contributed by atoms with van der Waals surface area (Å²) in [6, 6.07) is 16.3. The number of primary amides is 1. The molecule has 29 heavy (non-hydrogen) atoms. The Balaban J connectivity index is 1.58. The van der Waals surface area contributed by atoms with E-state index in [1.807, 2.05) is 49.4 Å². The number of benzene rings is 2. The second-order valence-electron chi connectivity index (χ2n) is 6.63. The standard InChI is InChI=1S/C22H19N5O2/c1-13-4-2-3-5-17(13)27-22(29)25-15-8-6-14(7-9-15)19-16-10-11-24-12-18(16)26-20(19)21(23)28/h2-12,26H,1H3,(H2,23,28)(H2,25,27,29). The summed E-state index contributed by atoms with van der Waals surface area (Å²) < 4.78 is 0. The van der Waals surface area contributed by atoms with E-state index in [1.165, 1.54) is 0 Å². The molecule has 4 rings (SSSR count). The molecule has 2 aromatic heterocycles. The zero-order valence-electron chi connectivity index (χ0n) is 15.7. The molecule has 0 aliphatic carbocycles. The first-order valence-corrected chi connectivity index (χ1v) is 9.02. The summed E-state index contributed by atoms with van der Waals surface area (Å²) in [6.07, 6.45) is 3.31. The van der Waals surface area contributed by atoms with Gasteiger partial charge in [-0.15, -0.1) is 0 Å². The maximum atomic E-state index is 12.3. The number of H-pyrrole nitrogens is 1. The van der Waals surface area contributed by atoms with Crippen molar-refractivity contribution in [2.75, 3.05) is 10.6 Å². The van der Waals surface area contributed by atoms with Gasteiger partial charge in [-0.3, -0.25) is 9.78 Å². The third-order valence-electron chi connectivity index (χ3n) is 4.67. The zero-order chi connectivity index (χ0) is 20.4. The van der Waals surface area contributed by atoms with Crippen LogP contribution >= 0.6 is 0 Å². The number of hydrogen-bond acceptors (Lipinski definition) is 3. The van der Waals surface area contributed by atoms with E-state index in [4.69, 9.17) is 5.73 Å². The molecule has 0 bridgehead atoms. The SMILES string of the molecule is Cc1ccccc1NC(=O)Nc1ccc(-c2c(C(N)=O)[nH]c3cnccc23)cc1. The number of nitrogens with one attached hydrogen (secondary N) is 3. The molecule has 0 radical (unpaired) electrons. The van der Waals surface area contributed by atoms with E-state index in [0.717, 1.165) is 27.7 Å². The average Bonchev–Trinajstić information content (AvgIpc) is 3.10. The van der Waals surface area contributed by atoms with Gasteiger partial charge in [0.2, 0.25) is 0 Å². The number of anilines is 2. The number of hydrogen-bond donors (Lipinski definition) is 4. The van der Waals surface area contributed by atoms with Gasteiger partial charge < -0.3 is 21.4 Å². The Morgan fingerprint density at radius 1 is 1.00 bits per heavy atom. The van der Waals surface area contributed by atoms with Gasteiger partial charge in [0.15, 0.2) is 0 Å². The van der Waals surface area contributed by atoms with Gasteiger partial charge in [0.25, 0.3) is 5.91 Å². The number of carbonyl (C=O) groups excluding carboxylic acids is 2. The van der Waals surface area contributed by atoms with Crippen LogP contribution < -0.4 is 16.4 Å². The largest absolute Gasteiger partial charge is 0.364 e. The summed E-state index contributed by atoms with van der Waals surface area (Å²) in [4.78, 5) is 31.2. The number of aryl methyl sites for hydroxylation is 1. The molecule has 0 fully saturated rings. The van der Waals surface area contributed by atoms with Crippen LogP contribution in [0.3, 0.4) is 0 Å². The van der Waals surface area contributed by atoms with Gasteiger partial charge in [0.1, 0.15) is 5.69 Å². The number of rotatable bonds is 4. The predicted molar refractivity (Wildman–Crippen MR) is 114 cm³/mol. The van der Waals surface area contributed by atoms with Gasteiger partial charge >= 0.3 is 6.03 Å². The molecule has 7 heteroatoms. The minimum Gasteiger partial charge on any atom is -0.364 e. The van der Waals surface area contributed by atoms with Crippen molar-refractivity contribution in [3.05, 3.63) is 78.2 Å². The summed E-state index contributed by atoms with van der Waals surface area (Å²) in [5, 5.41) is 6.48. The van der Waals surface area contributed by atoms with Crippen LogP contribution in [0.15, 0.2) is 67.0 Å². The first-order chi connectivity index (χ1) is 14.0. The van der Waals surface area contributed by atoms with Gasteiger partial charge in [-0.05, 0) is 42.3 Å². The molecular formula is C22H19N5O2. The molecule has 0 saturated carbocycles. The Bertz CT molecular complexity index is 1210. The van der Waals surface area contributed by atoms with E-state index in [-0.39, 0.29) is 6.03 Å². The van der Waals surface area contributed by atoms with Crippen LogP contribution in [0, 0.1) is 6.92 Å². The van der Waals surface area contributed by atoms with Crippen LogP contribution in [0.5, 0.6) is 0 Å². The number of para-hydroxylation sites is 1. The number of pyridine rings is 1. The van der Waals surface area contributed by atoms with Crippen LogP contribution in [0.2, 0.25) is 0 Å². The van der Waals surface area contributed by atoms with Crippen molar-refractivity contribution in [3.63, 3.8) is 0 Å². The highest BCUT2D eigenvalue weighted by atomic mass is 16.2. The van der Waals surface area contributed by atoms with Crippen LogP contribution in [0.1, 0.15) is 16.1 Å². The maximum Gasteiger partial charge on any atom is 0.323 e. The van der Waals surface area contributed by atoms with E-state index in [0.29, 0.717) is 16.9 Å². The fraction of sp³-hybridized carbons (Fsp3) is 0.0455. The minimum absolute atomic E-state index is 0.325. The van der Waals surface area contributed by atoms with Gasteiger partial charge in [-0.2, -0.15) is 0 Å². The normalized spacial score (nSPS) is 10.7. The lowest BCUT2D eigenvalue weighted by molar-refractivity contribution is 0.0997. The molecule has 0 unspecified atom stereocenters. The van der Waals surface area contributed by atoms with Gasteiger partial charge in [0, 0.05) is 28.5 Å². The molecule has 0 aliphatic rings. The van der Waals surface area contributed by atoms with E-state index in [2.05, 4.69) is 20.6 Å². The predicted octanol–water partition coefficient (Wildman–Crippen LogP) is 4.28. The highest BCUT2D eigenvalue weighted by Gasteiger charge is 2.17. The Labute approximate surface area is 167 Å². The molecule has 4 aromatic rings. The molecule has 3 amide bonds. The Morgan fingerprint density at radius 3 is 2.48 bits per heavy atom. The molecule has 0 aliphatic heterocycles. The highest BCUT2D eigenvalue weighted by Crippen LogP contribution is 2.32. The molecule has 7 nitrogen and oxygen atoms in total. The average molecular weight is 385 g/mol. The van der Waals surface area contributed by atoms with Crippen LogP contribution in [-0.2, 0) is 0 Å². The van der Waals surface area contributed by atoms with Crippen molar-refractivity contribution in [3.8, 4) is 11.1 Å². The van der Waals surface area contributed by atoms with Crippen molar-refractivity contribution in [1.82, 2.24) is 9.97 Å². The number of aromatic nitrogens is 2. The van der Waals surface area contributed by atoms with Crippen molar-refractivity contribution in [1.29, 1.82) is 0 Å². The fourth-order valence-electron chi connectivity index (χ4n) is 3.25. The zero-order valence-corrected chi connectivity index (χ0v) is 15.7. The van der Waals surface area contributed by atoms with E-state index in [1.54, 1.807) is 24.5 Å². The first kappa shape index (κ1) is 18.2. The summed E-state index contributed by atoms with van der Waals surface area (Å²) in [5.74, 6) is -0.545. The number of aromatic amines is 1. The van der Waals surface area contributed by atoms with Crippen molar-refractivity contribution in [2.24, 2.45) is 5.73 Å². The smallest absolute Gasteiger partial charge is 0.323 e. The molecule has 144 valence electrons. The number of amides is 3.